The molecule has 8 heteroatoms. The lowest BCUT2D eigenvalue weighted by atomic mass is 10.2. The molecule has 1 aliphatic heterocycles. The van der Waals surface area contributed by atoms with E-state index in [1.165, 1.54) is 6.42 Å². The van der Waals surface area contributed by atoms with Crippen LogP contribution in [0, 0.1) is 0 Å². The third-order valence-corrected chi connectivity index (χ3v) is 5.93. The van der Waals surface area contributed by atoms with E-state index >= 15 is 0 Å². The second kappa shape index (κ2) is 8.49. The summed E-state index contributed by atoms with van der Waals surface area (Å²) in [5, 5.41) is 4.54. The molecule has 3 aromatic heterocycles. The number of aromatic nitrogens is 4. The van der Waals surface area contributed by atoms with Crippen LogP contribution in [0.3, 0.4) is 0 Å². The van der Waals surface area contributed by atoms with E-state index in [4.69, 9.17) is 4.42 Å². The first-order chi connectivity index (χ1) is 14.7. The molecule has 0 amide bonds. The molecular weight excluding hydrogens is 380 g/mol. The van der Waals surface area contributed by atoms with Crippen LogP contribution < -0.4 is 5.56 Å². The molecule has 0 spiro atoms. The highest BCUT2D eigenvalue weighted by Crippen LogP contribution is 2.23. The molecule has 0 radical (unpaired) electrons. The Morgan fingerprint density at radius 2 is 1.73 bits per heavy atom. The molecule has 0 unspecified atom stereocenters. The second-order valence-corrected chi connectivity index (χ2v) is 7.96. The first kappa shape index (κ1) is 19.1. The quantitative estimate of drug-likeness (QED) is 0.615. The van der Waals surface area contributed by atoms with E-state index in [9.17, 15) is 4.79 Å². The molecule has 1 fully saturated rings. The maximum Gasteiger partial charge on any atom is 0.266 e. The maximum atomic E-state index is 12.2. The Labute approximate surface area is 175 Å². The smallest absolute Gasteiger partial charge is 0.266 e. The lowest BCUT2D eigenvalue weighted by Crippen LogP contribution is -2.47. The van der Waals surface area contributed by atoms with Crippen LogP contribution in [0.4, 0.5) is 0 Å². The van der Waals surface area contributed by atoms with Crippen molar-refractivity contribution in [3.05, 3.63) is 64.4 Å². The molecule has 0 saturated carbocycles. The summed E-state index contributed by atoms with van der Waals surface area (Å²) in [6.45, 7) is 6.09. The fourth-order valence-corrected chi connectivity index (χ4v) is 4.20. The molecule has 1 aliphatic carbocycles. The van der Waals surface area contributed by atoms with Gasteiger partial charge in [0.15, 0.2) is 0 Å². The lowest BCUT2D eigenvalue weighted by molar-refractivity contribution is 0.115. The van der Waals surface area contributed by atoms with Crippen molar-refractivity contribution in [2.75, 3.05) is 32.7 Å². The summed E-state index contributed by atoms with van der Waals surface area (Å²) in [7, 11) is 0. The van der Waals surface area contributed by atoms with E-state index in [0.717, 1.165) is 80.7 Å². The van der Waals surface area contributed by atoms with Crippen molar-refractivity contribution in [3.8, 4) is 11.3 Å². The van der Waals surface area contributed by atoms with Crippen LogP contribution in [-0.4, -0.2) is 62.3 Å². The van der Waals surface area contributed by atoms with Crippen molar-refractivity contribution in [2.24, 2.45) is 0 Å². The molecule has 1 saturated heterocycles. The topological polar surface area (TPSA) is 80.3 Å². The molecule has 4 heterocycles. The predicted molar refractivity (Wildman–Crippen MR) is 112 cm³/mol. The van der Waals surface area contributed by atoms with Crippen molar-refractivity contribution in [1.82, 2.24) is 29.5 Å². The molecule has 156 valence electrons. The summed E-state index contributed by atoms with van der Waals surface area (Å²) in [6.07, 6.45) is 6.73. The summed E-state index contributed by atoms with van der Waals surface area (Å²) < 4.78 is 7.47. The Bertz CT molecular complexity index is 1030. The van der Waals surface area contributed by atoms with Gasteiger partial charge in [-0.25, -0.2) is 9.67 Å². The Balaban J connectivity index is 1.14. The maximum absolute atomic E-state index is 12.2. The molecule has 0 bridgehead atoms. The zero-order chi connectivity index (χ0) is 20.3. The number of rotatable bonds is 6. The van der Waals surface area contributed by atoms with Gasteiger partial charge in [0.1, 0.15) is 5.76 Å². The SMILES string of the molecule is O=c1ccc(-c2ccncc2)nn1CCN1CCN(Cc2nc3c(o2)CCC3)CC1. The number of pyridine rings is 1. The monoisotopic (exact) mass is 406 g/mol. The van der Waals surface area contributed by atoms with E-state index in [1.54, 1.807) is 29.2 Å². The van der Waals surface area contributed by atoms with Gasteiger partial charge >= 0.3 is 0 Å². The van der Waals surface area contributed by atoms with Gasteiger partial charge in [0.05, 0.1) is 24.5 Å². The van der Waals surface area contributed by atoms with Crippen LogP contribution in [0.1, 0.15) is 23.8 Å². The van der Waals surface area contributed by atoms with E-state index in [0.29, 0.717) is 6.54 Å². The molecule has 0 aromatic carbocycles. The summed E-state index contributed by atoms with van der Waals surface area (Å²) in [5.41, 5.74) is 2.85. The van der Waals surface area contributed by atoms with E-state index in [-0.39, 0.29) is 5.56 Å². The third kappa shape index (κ3) is 4.20. The molecule has 30 heavy (non-hydrogen) atoms. The molecule has 2 aliphatic rings. The standard InChI is InChI=1S/C22H26N6O2/c29-22-5-4-18(17-6-8-23-9-7-17)25-28(22)15-14-26-10-12-27(13-11-26)16-21-24-19-2-1-3-20(19)30-21/h4-9H,1-3,10-16H2. The number of aryl methyl sites for hydroxylation is 2. The minimum absolute atomic E-state index is 0.0663. The molecule has 8 nitrogen and oxygen atoms in total. The van der Waals surface area contributed by atoms with Crippen LogP contribution in [0.15, 0.2) is 45.9 Å². The summed E-state index contributed by atoms with van der Waals surface area (Å²) in [6, 6.07) is 7.16. The van der Waals surface area contributed by atoms with E-state index in [1.807, 2.05) is 12.1 Å². The largest absolute Gasteiger partial charge is 0.444 e. The van der Waals surface area contributed by atoms with Crippen molar-refractivity contribution < 1.29 is 4.42 Å². The third-order valence-electron chi connectivity index (χ3n) is 5.93. The molecule has 0 N–H and O–H groups in total. The number of piperazine rings is 1. The van der Waals surface area contributed by atoms with E-state index < -0.39 is 0 Å². The fraction of sp³-hybridized carbons (Fsp3) is 0.455. The van der Waals surface area contributed by atoms with Crippen molar-refractivity contribution in [1.29, 1.82) is 0 Å². The normalized spacial score (nSPS) is 17.3. The van der Waals surface area contributed by atoms with Crippen molar-refractivity contribution >= 4 is 0 Å². The van der Waals surface area contributed by atoms with Crippen molar-refractivity contribution in [3.63, 3.8) is 0 Å². The van der Waals surface area contributed by atoms with Crippen LogP contribution in [0.2, 0.25) is 0 Å². The molecule has 0 atom stereocenters. The van der Waals surface area contributed by atoms with E-state index in [2.05, 4.69) is 24.9 Å². The van der Waals surface area contributed by atoms with Crippen LogP contribution in [-0.2, 0) is 25.9 Å². The number of nitrogens with zero attached hydrogens (tertiary/aromatic N) is 6. The van der Waals surface area contributed by atoms with Gasteiger partial charge in [0, 0.05) is 63.2 Å². The fourth-order valence-electron chi connectivity index (χ4n) is 4.20. The Kier molecular flexibility index (Phi) is 5.42. The highest BCUT2D eigenvalue weighted by atomic mass is 16.4. The first-order valence-electron chi connectivity index (χ1n) is 10.7. The lowest BCUT2D eigenvalue weighted by Gasteiger charge is -2.33. The highest BCUT2D eigenvalue weighted by molar-refractivity contribution is 5.56. The van der Waals surface area contributed by atoms with Gasteiger partial charge in [-0.15, -0.1) is 0 Å². The number of oxazole rings is 1. The Morgan fingerprint density at radius 1 is 0.933 bits per heavy atom. The van der Waals surface area contributed by atoms with Gasteiger partial charge in [-0.05, 0) is 31.0 Å². The van der Waals surface area contributed by atoms with Crippen LogP contribution >= 0.6 is 0 Å². The molecule has 3 aromatic rings. The molecular formula is C22H26N6O2. The van der Waals surface area contributed by atoms with Crippen LogP contribution in [0.25, 0.3) is 11.3 Å². The highest BCUT2D eigenvalue weighted by Gasteiger charge is 2.22. The van der Waals surface area contributed by atoms with Gasteiger partial charge in [-0.2, -0.15) is 5.10 Å². The molecule has 5 rings (SSSR count). The van der Waals surface area contributed by atoms with Gasteiger partial charge in [-0.1, -0.05) is 0 Å². The average Bonchev–Trinajstić information content (AvgIpc) is 3.37. The summed E-state index contributed by atoms with van der Waals surface area (Å²) in [4.78, 5) is 25.7. The van der Waals surface area contributed by atoms with Gasteiger partial charge < -0.3 is 4.42 Å². The minimum Gasteiger partial charge on any atom is -0.444 e. The first-order valence-corrected chi connectivity index (χ1v) is 10.7. The Hall–Kier alpha value is -2.84. The summed E-state index contributed by atoms with van der Waals surface area (Å²) in [5.74, 6) is 1.95. The van der Waals surface area contributed by atoms with Gasteiger partial charge in [0.2, 0.25) is 5.89 Å². The zero-order valence-corrected chi connectivity index (χ0v) is 17.0. The number of hydrogen-bond donors (Lipinski definition) is 0. The second-order valence-electron chi connectivity index (χ2n) is 7.96. The Morgan fingerprint density at radius 3 is 2.53 bits per heavy atom. The predicted octanol–water partition coefficient (Wildman–Crippen LogP) is 1.60. The average molecular weight is 406 g/mol. The van der Waals surface area contributed by atoms with Crippen LogP contribution in [0.5, 0.6) is 0 Å². The van der Waals surface area contributed by atoms with Gasteiger partial charge in [0.25, 0.3) is 5.56 Å². The number of hydrogen-bond acceptors (Lipinski definition) is 7. The minimum atomic E-state index is -0.0663. The number of fused-ring (bicyclic) bond motifs is 1. The summed E-state index contributed by atoms with van der Waals surface area (Å²) >= 11 is 0. The van der Waals surface area contributed by atoms with Crippen molar-refractivity contribution in [2.45, 2.75) is 32.4 Å². The van der Waals surface area contributed by atoms with Gasteiger partial charge in [-0.3, -0.25) is 19.6 Å². The zero-order valence-electron chi connectivity index (χ0n) is 17.0.